The van der Waals surface area contributed by atoms with Gasteiger partial charge in [-0.25, -0.2) is 0 Å². The maximum atomic E-state index is 12.6. The first-order valence-corrected chi connectivity index (χ1v) is 7.81. The molecule has 1 saturated carbocycles. The predicted octanol–water partition coefficient (Wildman–Crippen LogP) is 2.79. The number of aryl methyl sites for hydroxylation is 1. The molecule has 0 saturated heterocycles. The molecule has 3 heteroatoms. The van der Waals surface area contributed by atoms with Crippen molar-refractivity contribution in [2.75, 3.05) is 0 Å². The lowest BCUT2D eigenvalue weighted by Crippen LogP contribution is -2.36. The summed E-state index contributed by atoms with van der Waals surface area (Å²) in [6.07, 6.45) is 5.90. The number of hydrogen-bond acceptors (Lipinski definition) is 2. The third-order valence-corrected chi connectivity index (χ3v) is 4.48. The first-order valence-electron chi connectivity index (χ1n) is 7.81. The van der Waals surface area contributed by atoms with Crippen LogP contribution in [0.1, 0.15) is 56.2 Å². The Kier molecular flexibility index (Phi) is 3.79. The van der Waals surface area contributed by atoms with Crippen LogP contribution in [0.3, 0.4) is 0 Å². The number of fused-ring (bicyclic) bond motifs is 1. The molecule has 2 N–H and O–H groups in total. The van der Waals surface area contributed by atoms with Crippen molar-refractivity contribution in [1.82, 2.24) is 4.90 Å². The number of benzene rings is 1. The van der Waals surface area contributed by atoms with E-state index in [0.29, 0.717) is 24.4 Å². The van der Waals surface area contributed by atoms with Gasteiger partial charge in [-0.05, 0) is 50.2 Å². The lowest BCUT2D eigenvalue weighted by atomic mass is 10.1. The highest BCUT2D eigenvalue weighted by atomic mass is 16.2. The zero-order valence-electron chi connectivity index (χ0n) is 12.2. The molecule has 0 radical (unpaired) electrons. The van der Waals surface area contributed by atoms with Gasteiger partial charge in [-0.1, -0.05) is 24.3 Å². The van der Waals surface area contributed by atoms with E-state index in [1.165, 1.54) is 24.0 Å². The van der Waals surface area contributed by atoms with Crippen LogP contribution in [-0.2, 0) is 11.2 Å². The Morgan fingerprint density at radius 1 is 1.35 bits per heavy atom. The molecule has 108 valence electrons. The van der Waals surface area contributed by atoms with Crippen molar-refractivity contribution >= 4 is 5.91 Å². The van der Waals surface area contributed by atoms with Crippen LogP contribution in [0.25, 0.3) is 0 Å². The summed E-state index contributed by atoms with van der Waals surface area (Å²) in [5, 5.41) is 0. The number of hydrogen-bond donors (Lipinski definition) is 1. The van der Waals surface area contributed by atoms with Crippen molar-refractivity contribution in [3.05, 3.63) is 35.4 Å². The molecule has 20 heavy (non-hydrogen) atoms. The van der Waals surface area contributed by atoms with Crippen molar-refractivity contribution < 1.29 is 4.79 Å². The third kappa shape index (κ3) is 2.73. The quantitative estimate of drug-likeness (QED) is 0.896. The molecular formula is C17H24N2O. The number of nitrogens with zero attached hydrogens (tertiary/aromatic N) is 1. The lowest BCUT2D eigenvalue weighted by molar-refractivity contribution is -0.134. The van der Waals surface area contributed by atoms with Crippen LogP contribution in [0.5, 0.6) is 0 Å². The Morgan fingerprint density at radius 2 is 2.10 bits per heavy atom. The first-order chi connectivity index (χ1) is 9.66. The monoisotopic (exact) mass is 272 g/mol. The Labute approximate surface area is 121 Å². The van der Waals surface area contributed by atoms with Crippen LogP contribution in [0.15, 0.2) is 24.3 Å². The number of nitrogens with two attached hydrogens (primary N) is 1. The van der Waals surface area contributed by atoms with Crippen molar-refractivity contribution in [3.63, 3.8) is 0 Å². The molecule has 2 atom stereocenters. The minimum Gasteiger partial charge on any atom is -0.333 e. The summed E-state index contributed by atoms with van der Waals surface area (Å²) in [5.74, 6) is 0.298. The normalized spacial score (nSPS) is 22.4. The molecule has 1 amide bonds. The molecule has 0 spiro atoms. The summed E-state index contributed by atoms with van der Waals surface area (Å²) in [7, 11) is 0. The summed E-state index contributed by atoms with van der Waals surface area (Å²) in [5.41, 5.74) is 8.58. The second-order valence-electron chi connectivity index (χ2n) is 6.30. The molecule has 3 rings (SSSR count). The summed E-state index contributed by atoms with van der Waals surface area (Å²) < 4.78 is 0. The molecule has 0 heterocycles. The van der Waals surface area contributed by atoms with E-state index >= 15 is 0 Å². The highest BCUT2D eigenvalue weighted by Crippen LogP contribution is 2.42. The first kappa shape index (κ1) is 13.6. The Bertz CT molecular complexity index is 494. The van der Waals surface area contributed by atoms with Crippen LogP contribution in [-0.4, -0.2) is 22.9 Å². The van der Waals surface area contributed by atoms with Gasteiger partial charge in [-0.3, -0.25) is 4.79 Å². The van der Waals surface area contributed by atoms with Gasteiger partial charge in [0.15, 0.2) is 0 Å². The fourth-order valence-corrected chi connectivity index (χ4v) is 3.29. The van der Waals surface area contributed by atoms with E-state index in [0.717, 1.165) is 19.3 Å². The van der Waals surface area contributed by atoms with Gasteiger partial charge in [-0.2, -0.15) is 0 Å². The average molecular weight is 272 g/mol. The molecule has 2 unspecified atom stereocenters. The summed E-state index contributed by atoms with van der Waals surface area (Å²) in [4.78, 5) is 14.8. The number of rotatable bonds is 5. The standard InChI is InChI=1S/C17H24N2O/c1-12(18)6-11-17(20)19(14-8-9-14)16-10-7-13-4-2-3-5-15(13)16/h2-5,12,14,16H,6-11,18H2,1H3. The predicted molar refractivity (Wildman–Crippen MR) is 80.3 cm³/mol. The highest BCUT2D eigenvalue weighted by molar-refractivity contribution is 5.77. The van der Waals surface area contributed by atoms with Gasteiger partial charge in [0.2, 0.25) is 5.91 Å². The number of amides is 1. The van der Waals surface area contributed by atoms with E-state index in [4.69, 9.17) is 5.73 Å². The molecule has 1 aromatic rings. The Hall–Kier alpha value is -1.35. The van der Waals surface area contributed by atoms with Crippen LogP contribution < -0.4 is 5.73 Å². The van der Waals surface area contributed by atoms with E-state index in [9.17, 15) is 4.79 Å². The zero-order chi connectivity index (χ0) is 14.1. The zero-order valence-corrected chi connectivity index (χ0v) is 12.2. The van der Waals surface area contributed by atoms with E-state index in [1.54, 1.807) is 0 Å². The van der Waals surface area contributed by atoms with Crippen LogP contribution in [0, 0.1) is 0 Å². The minimum absolute atomic E-state index is 0.107. The molecule has 1 aromatic carbocycles. The van der Waals surface area contributed by atoms with Crippen molar-refractivity contribution in [2.45, 2.75) is 63.6 Å². The van der Waals surface area contributed by atoms with Gasteiger partial charge < -0.3 is 10.6 Å². The van der Waals surface area contributed by atoms with E-state index in [2.05, 4.69) is 29.2 Å². The largest absolute Gasteiger partial charge is 0.333 e. The van der Waals surface area contributed by atoms with Crippen LogP contribution in [0.4, 0.5) is 0 Å². The fraction of sp³-hybridized carbons (Fsp3) is 0.588. The van der Waals surface area contributed by atoms with Crippen LogP contribution in [0.2, 0.25) is 0 Å². The second kappa shape index (κ2) is 5.57. The van der Waals surface area contributed by atoms with E-state index in [1.807, 2.05) is 6.92 Å². The smallest absolute Gasteiger partial charge is 0.223 e. The van der Waals surface area contributed by atoms with E-state index in [-0.39, 0.29) is 6.04 Å². The number of carbonyl (C=O) groups is 1. The topological polar surface area (TPSA) is 46.3 Å². The maximum Gasteiger partial charge on any atom is 0.223 e. The SMILES string of the molecule is CC(N)CCC(=O)N(C1CC1)C1CCc2ccccc21. The Morgan fingerprint density at radius 3 is 2.80 bits per heavy atom. The molecule has 2 aliphatic carbocycles. The fourth-order valence-electron chi connectivity index (χ4n) is 3.29. The molecule has 1 fully saturated rings. The molecule has 0 bridgehead atoms. The van der Waals surface area contributed by atoms with Crippen molar-refractivity contribution in [3.8, 4) is 0 Å². The van der Waals surface area contributed by atoms with Gasteiger partial charge in [0.1, 0.15) is 0 Å². The Balaban J connectivity index is 1.77. The summed E-state index contributed by atoms with van der Waals surface area (Å²) >= 11 is 0. The van der Waals surface area contributed by atoms with Crippen molar-refractivity contribution in [2.24, 2.45) is 5.73 Å². The molecule has 0 aromatic heterocycles. The van der Waals surface area contributed by atoms with Gasteiger partial charge in [-0.15, -0.1) is 0 Å². The summed E-state index contributed by atoms with van der Waals surface area (Å²) in [6, 6.07) is 9.48. The second-order valence-corrected chi connectivity index (χ2v) is 6.30. The molecule has 2 aliphatic rings. The van der Waals surface area contributed by atoms with E-state index < -0.39 is 0 Å². The minimum atomic E-state index is 0.107. The maximum absolute atomic E-state index is 12.6. The molecule has 0 aliphatic heterocycles. The molecular weight excluding hydrogens is 248 g/mol. The van der Waals surface area contributed by atoms with Crippen molar-refractivity contribution in [1.29, 1.82) is 0 Å². The third-order valence-electron chi connectivity index (χ3n) is 4.48. The van der Waals surface area contributed by atoms with Gasteiger partial charge in [0, 0.05) is 18.5 Å². The van der Waals surface area contributed by atoms with Gasteiger partial charge >= 0.3 is 0 Å². The van der Waals surface area contributed by atoms with Gasteiger partial charge in [0.25, 0.3) is 0 Å². The lowest BCUT2D eigenvalue weighted by Gasteiger charge is -2.30. The van der Waals surface area contributed by atoms with Crippen LogP contribution >= 0.6 is 0 Å². The molecule has 3 nitrogen and oxygen atoms in total. The van der Waals surface area contributed by atoms with Gasteiger partial charge in [0.05, 0.1) is 6.04 Å². The summed E-state index contributed by atoms with van der Waals surface area (Å²) in [6.45, 7) is 1.97. The number of carbonyl (C=O) groups excluding carboxylic acids is 1. The average Bonchev–Trinajstić information content (AvgIpc) is 3.17. The highest BCUT2D eigenvalue weighted by Gasteiger charge is 2.39.